The van der Waals surface area contributed by atoms with E-state index in [0.29, 0.717) is 24.5 Å². The molecule has 1 aliphatic rings. The van der Waals surface area contributed by atoms with Crippen molar-refractivity contribution in [1.82, 2.24) is 10.3 Å². The predicted molar refractivity (Wildman–Crippen MR) is 117 cm³/mol. The summed E-state index contributed by atoms with van der Waals surface area (Å²) in [7, 11) is 0. The molecule has 8 nitrogen and oxygen atoms in total. The minimum atomic E-state index is 0.230. The third-order valence-corrected chi connectivity index (χ3v) is 4.73. The number of hydrogen-bond donors (Lipinski definition) is 5. The van der Waals surface area contributed by atoms with Crippen molar-refractivity contribution >= 4 is 29.2 Å². The van der Waals surface area contributed by atoms with Gasteiger partial charge in [-0.05, 0) is 41.1 Å². The standard InChI is InChI=1S/C20H28N8/c21-11-15(8-16-10-18(22)27-20(24)19(16)23)13-26-12-14-2-1-3-17(9-14)28-6-4-25-5-7-28/h1-3,9-11,13,25H,4-8,12,21,23H2,(H4,22,24,27). The van der Waals surface area contributed by atoms with E-state index < -0.39 is 0 Å². The molecule has 3 rings (SSSR count). The average Bonchev–Trinajstić information content (AvgIpc) is 2.71. The van der Waals surface area contributed by atoms with Crippen LogP contribution in [0.5, 0.6) is 0 Å². The van der Waals surface area contributed by atoms with E-state index in [9.17, 15) is 0 Å². The third kappa shape index (κ3) is 4.92. The van der Waals surface area contributed by atoms with Gasteiger partial charge in [-0.2, -0.15) is 0 Å². The summed E-state index contributed by atoms with van der Waals surface area (Å²) in [5, 5.41) is 3.37. The molecule has 0 saturated carbocycles. The van der Waals surface area contributed by atoms with Gasteiger partial charge in [0.1, 0.15) is 11.6 Å². The van der Waals surface area contributed by atoms with Crippen molar-refractivity contribution in [3.05, 3.63) is 53.2 Å². The van der Waals surface area contributed by atoms with E-state index >= 15 is 0 Å². The van der Waals surface area contributed by atoms with Crippen LogP contribution in [0.4, 0.5) is 23.0 Å². The first kappa shape index (κ1) is 19.5. The van der Waals surface area contributed by atoms with Crippen molar-refractivity contribution < 1.29 is 0 Å². The predicted octanol–water partition coefficient (Wildman–Crippen LogP) is 0.894. The molecule has 0 unspecified atom stereocenters. The van der Waals surface area contributed by atoms with Gasteiger partial charge < -0.3 is 33.2 Å². The second-order valence-electron chi connectivity index (χ2n) is 6.80. The molecule has 8 heteroatoms. The summed E-state index contributed by atoms with van der Waals surface area (Å²) < 4.78 is 0. The van der Waals surface area contributed by atoms with Crippen LogP contribution < -0.4 is 33.2 Å². The number of anilines is 4. The Bertz CT molecular complexity index is 869. The van der Waals surface area contributed by atoms with Crippen LogP contribution in [0.1, 0.15) is 11.1 Å². The molecular formula is C20H28N8. The van der Waals surface area contributed by atoms with E-state index in [1.807, 2.05) is 0 Å². The van der Waals surface area contributed by atoms with Crippen LogP contribution in [0.25, 0.3) is 0 Å². The van der Waals surface area contributed by atoms with Crippen LogP contribution in [0.3, 0.4) is 0 Å². The number of hydrogen-bond acceptors (Lipinski definition) is 8. The highest BCUT2D eigenvalue weighted by Crippen LogP contribution is 2.23. The molecule has 1 saturated heterocycles. The van der Waals surface area contributed by atoms with Crippen molar-refractivity contribution in [3.8, 4) is 0 Å². The molecule has 0 radical (unpaired) electrons. The summed E-state index contributed by atoms with van der Waals surface area (Å²) in [4.78, 5) is 10.9. The highest BCUT2D eigenvalue weighted by molar-refractivity contribution is 5.80. The van der Waals surface area contributed by atoms with E-state index in [0.717, 1.165) is 42.9 Å². The zero-order chi connectivity index (χ0) is 19.9. The topological polar surface area (TPSA) is 145 Å². The third-order valence-electron chi connectivity index (χ3n) is 4.73. The fourth-order valence-electron chi connectivity index (χ4n) is 3.21. The largest absolute Gasteiger partial charge is 0.404 e. The average molecular weight is 381 g/mol. The van der Waals surface area contributed by atoms with Crippen LogP contribution in [0.15, 0.2) is 47.1 Å². The van der Waals surface area contributed by atoms with Crippen molar-refractivity contribution in [3.63, 3.8) is 0 Å². The van der Waals surface area contributed by atoms with Crippen LogP contribution in [0, 0.1) is 0 Å². The van der Waals surface area contributed by atoms with E-state index in [-0.39, 0.29) is 5.82 Å². The molecule has 0 amide bonds. The Hall–Kier alpha value is -3.26. The molecule has 148 valence electrons. The number of benzene rings is 1. The number of allylic oxidation sites excluding steroid dienone is 1. The number of aliphatic imine (C=N–C) groups is 1. The molecule has 0 aliphatic carbocycles. The Morgan fingerprint density at radius 3 is 2.71 bits per heavy atom. The number of nitrogens with two attached hydrogens (primary N) is 4. The van der Waals surface area contributed by atoms with Crippen molar-refractivity contribution in [2.24, 2.45) is 10.7 Å². The van der Waals surface area contributed by atoms with Gasteiger partial charge in [-0.1, -0.05) is 12.1 Å². The van der Waals surface area contributed by atoms with Crippen LogP contribution in [-0.4, -0.2) is 37.4 Å². The molecule has 0 spiro atoms. The minimum absolute atomic E-state index is 0.230. The number of nitrogen functional groups attached to an aromatic ring is 3. The Labute approximate surface area is 165 Å². The molecule has 2 heterocycles. The van der Waals surface area contributed by atoms with Gasteiger partial charge in [0.15, 0.2) is 0 Å². The zero-order valence-electron chi connectivity index (χ0n) is 15.9. The van der Waals surface area contributed by atoms with E-state index in [2.05, 4.69) is 44.5 Å². The number of pyridine rings is 1. The number of nitrogens with one attached hydrogen (secondary N) is 1. The van der Waals surface area contributed by atoms with Gasteiger partial charge >= 0.3 is 0 Å². The minimum Gasteiger partial charge on any atom is -0.404 e. The number of aromatic nitrogens is 1. The van der Waals surface area contributed by atoms with Gasteiger partial charge in [0.25, 0.3) is 0 Å². The molecule has 28 heavy (non-hydrogen) atoms. The molecule has 1 aromatic carbocycles. The second kappa shape index (κ2) is 9.09. The molecule has 1 aliphatic heterocycles. The maximum absolute atomic E-state index is 6.00. The van der Waals surface area contributed by atoms with Crippen LogP contribution in [-0.2, 0) is 13.0 Å². The highest BCUT2D eigenvalue weighted by atomic mass is 15.2. The van der Waals surface area contributed by atoms with Crippen molar-refractivity contribution in [2.75, 3.05) is 48.3 Å². The Balaban J connectivity index is 1.65. The van der Waals surface area contributed by atoms with Gasteiger partial charge in [0.2, 0.25) is 0 Å². The lowest BCUT2D eigenvalue weighted by molar-refractivity contribution is 0.589. The maximum Gasteiger partial charge on any atom is 0.149 e. The monoisotopic (exact) mass is 380 g/mol. The normalized spacial score (nSPS) is 15.3. The summed E-state index contributed by atoms with van der Waals surface area (Å²) in [6.07, 6.45) is 3.78. The SMILES string of the molecule is NC=C(C=NCc1cccc(N2CCNCC2)c1)Cc1cc(N)nc(N)c1N. The van der Waals surface area contributed by atoms with Crippen molar-refractivity contribution in [1.29, 1.82) is 0 Å². The summed E-state index contributed by atoms with van der Waals surface area (Å²) in [6, 6.07) is 10.2. The number of piperazine rings is 1. The lowest BCUT2D eigenvalue weighted by Crippen LogP contribution is -2.43. The van der Waals surface area contributed by atoms with Crippen LogP contribution >= 0.6 is 0 Å². The summed E-state index contributed by atoms with van der Waals surface area (Å²) >= 11 is 0. The molecule has 9 N–H and O–H groups in total. The summed E-state index contributed by atoms with van der Waals surface area (Å²) in [6.45, 7) is 4.65. The highest BCUT2D eigenvalue weighted by Gasteiger charge is 2.10. The van der Waals surface area contributed by atoms with Crippen LogP contribution in [0.2, 0.25) is 0 Å². The van der Waals surface area contributed by atoms with E-state index in [1.165, 1.54) is 11.9 Å². The van der Waals surface area contributed by atoms with E-state index in [1.54, 1.807) is 12.3 Å². The smallest absolute Gasteiger partial charge is 0.149 e. The lowest BCUT2D eigenvalue weighted by Gasteiger charge is -2.29. The summed E-state index contributed by atoms with van der Waals surface area (Å²) in [5.74, 6) is 0.563. The number of rotatable bonds is 6. The Morgan fingerprint density at radius 1 is 1.18 bits per heavy atom. The van der Waals surface area contributed by atoms with Gasteiger partial charge in [-0.3, -0.25) is 4.99 Å². The Kier molecular flexibility index (Phi) is 6.33. The molecule has 0 atom stereocenters. The van der Waals surface area contributed by atoms with E-state index in [4.69, 9.17) is 22.9 Å². The Morgan fingerprint density at radius 2 is 1.96 bits per heavy atom. The lowest BCUT2D eigenvalue weighted by atomic mass is 10.1. The fourth-order valence-corrected chi connectivity index (χ4v) is 3.21. The first-order valence-electron chi connectivity index (χ1n) is 9.32. The molecule has 1 fully saturated rings. The quantitative estimate of drug-likeness (QED) is 0.468. The molecule has 0 bridgehead atoms. The number of nitrogens with zero attached hydrogens (tertiary/aromatic N) is 3. The molecule has 1 aromatic heterocycles. The van der Waals surface area contributed by atoms with Gasteiger partial charge in [-0.15, -0.1) is 0 Å². The van der Waals surface area contributed by atoms with Gasteiger partial charge in [0.05, 0.1) is 12.2 Å². The summed E-state index contributed by atoms with van der Waals surface area (Å²) in [5.41, 5.74) is 27.7. The molecular weight excluding hydrogens is 352 g/mol. The molecule has 2 aromatic rings. The first-order valence-corrected chi connectivity index (χ1v) is 9.32. The fraction of sp³-hybridized carbons (Fsp3) is 0.300. The first-order chi connectivity index (χ1) is 13.6. The second-order valence-corrected chi connectivity index (χ2v) is 6.80. The van der Waals surface area contributed by atoms with Crippen molar-refractivity contribution in [2.45, 2.75) is 13.0 Å². The van der Waals surface area contributed by atoms with Gasteiger partial charge in [0, 0.05) is 44.5 Å². The maximum atomic E-state index is 6.00. The van der Waals surface area contributed by atoms with Gasteiger partial charge in [-0.25, -0.2) is 4.98 Å². The zero-order valence-corrected chi connectivity index (χ0v) is 15.9.